The van der Waals surface area contributed by atoms with Gasteiger partial charge < -0.3 is 14.6 Å². The summed E-state index contributed by atoms with van der Waals surface area (Å²) >= 11 is 0. The lowest BCUT2D eigenvalue weighted by Gasteiger charge is -2.59. The molecule has 0 aliphatic heterocycles. The van der Waals surface area contributed by atoms with Crippen LogP contribution in [0, 0.1) is 28.6 Å². The van der Waals surface area contributed by atoms with E-state index in [4.69, 9.17) is 9.47 Å². The summed E-state index contributed by atoms with van der Waals surface area (Å²) in [5, 5.41) is 11.6. The van der Waals surface area contributed by atoms with Crippen LogP contribution < -0.4 is 0 Å². The molecule has 0 aromatic heterocycles. The Morgan fingerprint density at radius 2 is 1.89 bits per heavy atom. The molecule has 8 heteroatoms. The van der Waals surface area contributed by atoms with Crippen LogP contribution in [0.2, 0.25) is 0 Å². The average Bonchev–Trinajstić information content (AvgIpc) is 3.10. The molecule has 0 heterocycles. The minimum atomic E-state index is -1.98. The number of Topliss-reactive ketones (excluding diaryl/α,β-unsaturated/α-hetero) is 1. The molecule has 4 aliphatic rings. The van der Waals surface area contributed by atoms with Gasteiger partial charge in [-0.2, -0.15) is 0 Å². The third kappa shape index (κ3) is 3.71. The summed E-state index contributed by atoms with van der Waals surface area (Å²) in [5.41, 5.74) is -2.61. The van der Waals surface area contributed by atoms with E-state index >= 15 is 0 Å². The number of carbonyl (C=O) groups is 4. The molecule has 36 heavy (non-hydrogen) atoms. The Labute approximate surface area is 210 Å². The molecule has 0 amide bonds. The number of ketones is 2. The van der Waals surface area contributed by atoms with Gasteiger partial charge in [0.05, 0.1) is 12.4 Å². The van der Waals surface area contributed by atoms with E-state index in [9.17, 15) is 28.7 Å². The number of halogens is 1. The zero-order chi connectivity index (χ0) is 26.5. The number of aliphatic hydroxyl groups is 1. The first-order chi connectivity index (χ1) is 17.0. The summed E-state index contributed by atoms with van der Waals surface area (Å²) in [5.74, 6) is -2.65. The summed E-state index contributed by atoms with van der Waals surface area (Å²) in [6.07, 6.45) is 6.12. The molecule has 4 aliphatic carbocycles. The van der Waals surface area contributed by atoms with Crippen molar-refractivity contribution in [2.45, 2.75) is 77.9 Å². The summed E-state index contributed by atoms with van der Waals surface area (Å²) in [6.45, 7) is 6.33. The van der Waals surface area contributed by atoms with Crippen molar-refractivity contribution in [3.05, 3.63) is 35.7 Å². The SMILES string of the molecule is CCC(=O)OCC(=O)[C@]1(OC(=O)CC)C(=CF)C[C@H]2[C@@H]3CCC4=CC(=O)C=C[C@]4(C)[C@H]3[C@@H](O)C[C@@]21C. The molecule has 3 saturated carbocycles. The first-order valence-corrected chi connectivity index (χ1v) is 12.8. The van der Waals surface area contributed by atoms with E-state index in [-0.39, 0.29) is 54.8 Å². The largest absolute Gasteiger partial charge is 0.457 e. The standard InChI is InChI=1S/C28H35FO7/c1-5-23(33)35-15-22(32)28(36-24(34)6-2)17(14-29)12-20-19-8-7-16-11-18(30)9-10-26(16,3)25(19)21(31)13-27(20,28)4/h9-11,14,19-21,25,31H,5-8,12-13,15H2,1-4H3/t19-,20-,21-,25+,26-,27-,28+/m0/s1. The molecule has 4 rings (SSSR count). The number of esters is 2. The molecule has 0 radical (unpaired) electrons. The van der Waals surface area contributed by atoms with Crippen molar-refractivity contribution in [1.29, 1.82) is 0 Å². The zero-order valence-corrected chi connectivity index (χ0v) is 21.3. The lowest BCUT2D eigenvalue weighted by molar-refractivity contribution is -0.196. The maximum Gasteiger partial charge on any atom is 0.306 e. The summed E-state index contributed by atoms with van der Waals surface area (Å²) in [4.78, 5) is 50.3. The zero-order valence-electron chi connectivity index (χ0n) is 21.3. The highest BCUT2D eigenvalue weighted by molar-refractivity contribution is 6.01. The number of rotatable bonds is 6. The second-order valence-corrected chi connectivity index (χ2v) is 11.0. The van der Waals surface area contributed by atoms with Crippen molar-refractivity contribution < 1.29 is 38.1 Å². The van der Waals surface area contributed by atoms with Crippen molar-refractivity contribution in [2.24, 2.45) is 28.6 Å². The summed E-state index contributed by atoms with van der Waals surface area (Å²) in [6, 6.07) is 0. The van der Waals surface area contributed by atoms with Gasteiger partial charge in [0, 0.05) is 35.2 Å². The Balaban J connectivity index is 1.80. The second kappa shape index (κ2) is 9.36. The number of hydrogen-bond donors (Lipinski definition) is 1. The van der Waals surface area contributed by atoms with Crippen LogP contribution in [0.5, 0.6) is 0 Å². The molecular weight excluding hydrogens is 467 g/mol. The van der Waals surface area contributed by atoms with Crippen LogP contribution >= 0.6 is 0 Å². The Kier molecular flexibility index (Phi) is 6.88. The average molecular weight is 503 g/mol. The summed E-state index contributed by atoms with van der Waals surface area (Å²) in [7, 11) is 0. The number of fused-ring (bicyclic) bond motifs is 5. The van der Waals surface area contributed by atoms with Gasteiger partial charge in [0.15, 0.2) is 12.4 Å². The normalized spacial score (nSPS) is 40.1. The first kappa shape index (κ1) is 26.5. The van der Waals surface area contributed by atoms with E-state index in [1.807, 2.05) is 13.0 Å². The number of allylic oxidation sites excluding steroid dienone is 4. The van der Waals surface area contributed by atoms with Crippen molar-refractivity contribution in [3.8, 4) is 0 Å². The van der Waals surface area contributed by atoms with Crippen molar-refractivity contribution in [3.63, 3.8) is 0 Å². The molecule has 0 aromatic rings. The van der Waals surface area contributed by atoms with Gasteiger partial charge in [0.2, 0.25) is 11.4 Å². The van der Waals surface area contributed by atoms with Gasteiger partial charge in [-0.15, -0.1) is 0 Å². The van der Waals surface area contributed by atoms with E-state index < -0.39 is 46.9 Å². The predicted octanol–water partition coefficient (Wildman–Crippen LogP) is 3.94. The fraction of sp³-hybridized carbons (Fsp3) is 0.643. The lowest BCUT2D eigenvalue weighted by atomic mass is 9.46. The summed E-state index contributed by atoms with van der Waals surface area (Å²) < 4.78 is 25.5. The topological polar surface area (TPSA) is 107 Å². The maximum atomic E-state index is 14.6. The Morgan fingerprint density at radius 3 is 2.53 bits per heavy atom. The molecule has 3 fully saturated rings. The van der Waals surface area contributed by atoms with Crippen molar-refractivity contribution in [1.82, 2.24) is 0 Å². The van der Waals surface area contributed by atoms with Crippen molar-refractivity contribution >= 4 is 23.5 Å². The van der Waals surface area contributed by atoms with Crippen LogP contribution in [-0.2, 0) is 28.7 Å². The number of ether oxygens (including phenoxy) is 2. The fourth-order valence-electron chi connectivity index (χ4n) is 7.65. The molecule has 0 unspecified atom stereocenters. The third-order valence-corrected chi connectivity index (χ3v) is 9.32. The number of aliphatic hydroxyl groups excluding tert-OH is 1. The van der Waals surface area contributed by atoms with E-state index in [0.29, 0.717) is 19.2 Å². The van der Waals surface area contributed by atoms with E-state index in [0.717, 1.165) is 5.57 Å². The number of carbonyl (C=O) groups excluding carboxylic acids is 4. The maximum absolute atomic E-state index is 14.6. The Morgan fingerprint density at radius 1 is 1.19 bits per heavy atom. The van der Waals surface area contributed by atoms with Crippen LogP contribution in [0.15, 0.2) is 35.7 Å². The lowest BCUT2D eigenvalue weighted by Crippen LogP contribution is -2.63. The van der Waals surface area contributed by atoms with Crippen molar-refractivity contribution in [2.75, 3.05) is 6.61 Å². The molecule has 0 aromatic carbocycles. The minimum Gasteiger partial charge on any atom is -0.457 e. The van der Waals surface area contributed by atoms with Gasteiger partial charge in [-0.05, 0) is 49.7 Å². The Hall–Kier alpha value is -2.61. The highest BCUT2D eigenvalue weighted by Gasteiger charge is 2.72. The molecule has 0 spiro atoms. The minimum absolute atomic E-state index is 0.0241. The number of hydrogen-bond acceptors (Lipinski definition) is 7. The highest BCUT2D eigenvalue weighted by atomic mass is 19.1. The van der Waals surface area contributed by atoms with Crippen LogP contribution in [0.4, 0.5) is 4.39 Å². The van der Waals surface area contributed by atoms with Crippen LogP contribution in [0.3, 0.4) is 0 Å². The monoisotopic (exact) mass is 502 g/mol. The third-order valence-electron chi connectivity index (χ3n) is 9.32. The predicted molar refractivity (Wildman–Crippen MR) is 128 cm³/mol. The highest BCUT2D eigenvalue weighted by Crippen LogP contribution is 2.69. The van der Waals surface area contributed by atoms with Gasteiger partial charge in [-0.3, -0.25) is 19.2 Å². The molecule has 7 atom stereocenters. The van der Waals surface area contributed by atoms with Gasteiger partial charge in [0.25, 0.3) is 0 Å². The molecular formula is C28H35FO7. The van der Waals surface area contributed by atoms with Crippen LogP contribution in [0.25, 0.3) is 0 Å². The van der Waals surface area contributed by atoms with Crippen LogP contribution in [0.1, 0.15) is 66.2 Å². The van der Waals surface area contributed by atoms with Gasteiger partial charge in [0.1, 0.15) is 0 Å². The van der Waals surface area contributed by atoms with E-state index in [2.05, 4.69) is 0 Å². The molecule has 196 valence electrons. The van der Waals surface area contributed by atoms with Gasteiger partial charge >= 0.3 is 11.9 Å². The van der Waals surface area contributed by atoms with Gasteiger partial charge in [-0.1, -0.05) is 39.3 Å². The molecule has 1 N–H and O–H groups in total. The molecule has 7 nitrogen and oxygen atoms in total. The molecule has 0 bridgehead atoms. The quantitative estimate of drug-likeness (QED) is 0.548. The van der Waals surface area contributed by atoms with Crippen LogP contribution in [-0.4, -0.2) is 46.9 Å². The van der Waals surface area contributed by atoms with E-state index in [1.165, 1.54) is 6.08 Å². The van der Waals surface area contributed by atoms with E-state index in [1.54, 1.807) is 26.8 Å². The smallest absolute Gasteiger partial charge is 0.306 e. The van der Waals surface area contributed by atoms with Gasteiger partial charge in [-0.25, -0.2) is 4.39 Å². The first-order valence-electron chi connectivity index (χ1n) is 12.8. The Bertz CT molecular complexity index is 1070. The second-order valence-electron chi connectivity index (χ2n) is 11.0. The fourth-order valence-corrected chi connectivity index (χ4v) is 7.65. The molecule has 0 saturated heterocycles.